The number of rotatable bonds is 39. The van der Waals surface area contributed by atoms with Crippen molar-refractivity contribution in [2.45, 2.75) is 193 Å². The number of carbonyl (C=O) groups is 2. The van der Waals surface area contributed by atoms with Gasteiger partial charge >= 0.3 is 19.8 Å². The molecule has 0 rings (SSSR count). The van der Waals surface area contributed by atoms with E-state index in [2.05, 4.69) is 50.3 Å². The van der Waals surface area contributed by atoms with Gasteiger partial charge in [-0.1, -0.05) is 140 Å². The second-order valence-corrected chi connectivity index (χ2v) is 15.3. The SMILES string of the molecule is CCCCC/C=C/C/C=C/CCCCCCCCCCCC(=O)OC[C@@H](COP(=O)(O)OCCN)OC(=O)CCCCCCC/C=C/CCCCC. The summed E-state index contributed by atoms with van der Waals surface area (Å²) in [5, 5.41) is 0. The fourth-order valence-corrected chi connectivity index (χ4v) is 6.36. The molecule has 0 saturated heterocycles. The number of phosphoric acid groups is 1. The second kappa shape index (κ2) is 38.9. The van der Waals surface area contributed by atoms with Gasteiger partial charge in [0.15, 0.2) is 6.10 Å². The van der Waals surface area contributed by atoms with E-state index in [0.717, 1.165) is 64.2 Å². The van der Waals surface area contributed by atoms with Crippen molar-refractivity contribution in [2.24, 2.45) is 5.73 Å². The van der Waals surface area contributed by atoms with E-state index in [1.807, 2.05) is 0 Å². The van der Waals surface area contributed by atoms with Crippen molar-refractivity contribution < 1.29 is 37.6 Å². The summed E-state index contributed by atoms with van der Waals surface area (Å²) >= 11 is 0. The van der Waals surface area contributed by atoms with E-state index in [-0.39, 0.29) is 38.6 Å². The number of hydrogen-bond donors (Lipinski definition) is 2. The molecule has 10 heteroatoms. The van der Waals surface area contributed by atoms with E-state index < -0.39 is 26.5 Å². The number of unbranched alkanes of at least 4 members (excludes halogenated alkanes) is 20. The fourth-order valence-electron chi connectivity index (χ4n) is 5.60. The van der Waals surface area contributed by atoms with Gasteiger partial charge in [-0.05, 0) is 70.6 Å². The summed E-state index contributed by atoms with van der Waals surface area (Å²) in [6.45, 7) is 3.66. The van der Waals surface area contributed by atoms with Crippen molar-refractivity contribution in [3.05, 3.63) is 36.5 Å². The fraction of sp³-hybridized carbons (Fsp3) is 0.810. The van der Waals surface area contributed by atoms with Gasteiger partial charge in [0.1, 0.15) is 6.61 Å². The van der Waals surface area contributed by atoms with E-state index in [0.29, 0.717) is 6.42 Å². The van der Waals surface area contributed by atoms with Crippen molar-refractivity contribution >= 4 is 19.8 Å². The van der Waals surface area contributed by atoms with Gasteiger partial charge in [-0.15, -0.1) is 0 Å². The third kappa shape index (κ3) is 38.0. The Labute approximate surface area is 318 Å². The van der Waals surface area contributed by atoms with Crippen LogP contribution in [-0.4, -0.2) is 49.3 Å². The van der Waals surface area contributed by atoms with Crippen molar-refractivity contribution in [2.75, 3.05) is 26.4 Å². The molecule has 52 heavy (non-hydrogen) atoms. The van der Waals surface area contributed by atoms with Crippen molar-refractivity contribution in [1.29, 1.82) is 0 Å². The molecule has 0 aliphatic heterocycles. The van der Waals surface area contributed by atoms with Crippen LogP contribution >= 0.6 is 7.82 Å². The van der Waals surface area contributed by atoms with Crippen LogP contribution < -0.4 is 5.73 Å². The smallest absolute Gasteiger partial charge is 0.462 e. The number of phosphoric ester groups is 1. The Morgan fingerprint density at radius 2 is 1.00 bits per heavy atom. The summed E-state index contributed by atoms with van der Waals surface area (Å²) in [6, 6.07) is 0. The van der Waals surface area contributed by atoms with Crippen LogP contribution in [-0.2, 0) is 32.7 Å². The molecule has 0 aromatic heterocycles. The topological polar surface area (TPSA) is 134 Å². The summed E-state index contributed by atoms with van der Waals surface area (Å²) in [7, 11) is -4.37. The maximum atomic E-state index is 12.5. The number of carbonyl (C=O) groups excluding carboxylic acids is 2. The Bertz CT molecular complexity index is 954. The molecule has 0 saturated carbocycles. The second-order valence-electron chi connectivity index (χ2n) is 13.8. The highest BCUT2D eigenvalue weighted by Gasteiger charge is 2.26. The lowest BCUT2D eigenvalue weighted by molar-refractivity contribution is -0.161. The number of ether oxygens (including phenoxy) is 2. The average molecular weight is 756 g/mol. The molecule has 304 valence electrons. The summed E-state index contributed by atoms with van der Waals surface area (Å²) in [4.78, 5) is 34.8. The highest BCUT2D eigenvalue weighted by atomic mass is 31.2. The minimum atomic E-state index is -4.37. The molecule has 0 aliphatic carbocycles. The van der Waals surface area contributed by atoms with Crippen LogP contribution in [0.5, 0.6) is 0 Å². The standard InChI is InChI=1S/C42H78NO8P/c1-3-5-7-9-11-13-15-17-18-19-20-21-22-23-25-26-28-30-32-34-41(44)48-38-40(39-50-52(46,47)49-37-36-43)51-42(45)35-33-31-29-27-24-16-14-12-10-8-6-4-2/h11-14,17-18,40H,3-10,15-16,19-39,43H2,1-2H3,(H,46,47)/b13-11+,14-12+,18-17+/t40-/m0/s1. The van der Waals surface area contributed by atoms with Gasteiger partial charge in [-0.25, -0.2) is 4.57 Å². The van der Waals surface area contributed by atoms with Crippen LogP contribution in [0.4, 0.5) is 0 Å². The molecule has 0 aromatic carbocycles. The van der Waals surface area contributed by atoms with E-state index in [9.17, 15) is 19.0 Å². The van der Waals surface area contributed by atoms with Gasteiger partial charge in [0, 0.05) is 19.4 Å². The monoisotopic (exact) mass is 756 g/mol. The van der Waals surface area contributed by atoms with Gasteiger partial charge in [-0.3, -0.25) is 18.6 Å². The van der Waals surface area contributed by atoms with Gasteiger partial charge in [0.05, 0.1) is 13.2 Å². The van der Waals surface area contributed by atoms with Crippen LogP contribution in [0.2, 0.25) is 0 Å². The van der Waals surface area contributed by atoms with Crippen LogP contribution in [0, 0.1) is 0 Å². The molecule has 0 heterocycles. The molecular weight excluding hydrogens is 677 g/mol. The number of allylic oxidation sites excluding steroid dienone is 6. The van der Waals surface area contributed by atoms with Crippen LogP contribution in [0.3, 0.4) is 0 Å². The van der Waals surface area contributed by atoms with Crippen LogP contribution in [0.25, 0.3) is 0 Å². The predicted octanol–water partition coefficient (Wildman–Crippen LogP) is 11.8. The van der Waals surface area contributed by atoms with Crippen LogP contribution in [0.1, 0.15) is 187 Å². The molecule has 0 aliphatic rings. The first kappa shape index (κ1) is 50.2. The molecule has 1 unspecified atom stereocenters. The summed E-state index contributed by atoms with van der Waals surface area (Å²) in [6.07, 6.45) is 41.7. The Balaban J connectivity index is 4.14. The maximum Gasteiger partial charge on any atom is 0.472 e. The molecule has 0 bridgehead atoms. The Morgan fingerprint density at radius 1 is 0.577 bits per heavy atom. The van der Waals surface area contributed by atoms with E-state index >= 15 is 0 Å². The number of nitrogens with two attached hydrogens (primary N) is 1. The lowest BCUT2D eigenvalue weighted by atomic mass is 10.1. The zero-order chi connectivity index (χ0) is 38.2. The highest BCUT2D eigenvalue weighted by Crippen LogP contribution is 2.43. The van der Waals surface area contributed by atoms with Gasteiger partial charge in [0.25, 0.3) is 0 Å². The molecule has 9 nitrogen and oxygen atoms in total. The van der Waals surface area contributed by atoms with Gasteiger partial charge in [-0.2, -0.15) is 0 Å². The van der Waals surface area contributed by atoms with Crippen molar-refractivity contribution in [3.8, 4) is 0 Å². The molecule has 3 N–H and O–H groups in total. The minimum absolute atomic E-state index is 0.0512. The first-order chi connectivity index (χ1) is 25.3. The zero-order valence-corrected chi connectivity index (χ0v) is 34.2. The van der Waals surface area contributed by atoms with Gasteiger partial charge < -0.3 is 20.1 Å². The van der Waals surface area contributed by atoms with E-state index in [1.54, 1.807) is 0 Å². The summed E-state index contributed by atoms with van der Waals surface area (Å²) in [5.41, 5.74) is 5.34. The lowest BCUT2D eigenvalue weighted by Gasteiger charge is -2.19. The first-order valence-electron chi connectivity index (χ1n) is 21.0. The Hall–Kier alpha value is -1.77. The third-order valence-corrected chi connectivity index (χ3v) is 9.73. The Morgan fingerprint density at radius 3 is 1.48 bits per heavy atom. The van der Waals surface area contributed by atoms with E-state index in [4.69, 9.17) is 24.3 Å². The molecule has 0 radical (unpaired) electrons. The zero-order valence-electron chi connectivity index (χ0n) is 33.3. The summed E-state index contributed by atoms with van der Waals surface area (Å²) < 4.78 is 32.7. The molecule has 0 amide bonds. The molecule has 2 atom stereocenters. The number of esters is 2. The number of hydrogen-bond acceptors (Lipinski definition) is 8. The molecule has 0 fully saturated rings. The third-order valence-electron chi connectivity index (χ3n) is 8.75. The first-order valence-corrected chi connectivity index (χ1v) is 22.5. The Kier molecular flexibility index (Phi) is 37.6. The molecule has 0 spiro atoms. The lowest BCUT2D eigenvalue weighted by Crippen LogP contribution is -2.29. The van der Waals surface area contributed by atoms with Crippen molar-refractivity contribution in [3.63, 3.8) is 0 Å². The molecular formula is C42H78NO8P. The quantitative estimate of drug-likeness (QED) is 0.0272. The average Bonchev–Trinajstić information content (AvgIpc) is 3.13. The van der Waals surface area contributed by atoms with Crippen molar-refractivity contribution in [1.82, 2.24) is 0 Å². The maximum absolute atomic E-state index is 12.5. The largest absolute Gasteiger partial charge is 0.472 e. The van der Waals surface area contributed by atoms with Gasteiger partial charge in [0.2, 0.25) is 0 Å². The molecule has 0 aromatic rings. The summed E-state index contributed by atoms with van der Waals surface area (Å²) in [5.74, 6) is -0.843. The highest BCUT2D eigenvalue weighted by molar-refractivity contribution is 7.47. The normalized spacial score (nSPS) is 13.7. The van der Waals surface area contributed by atoms with E-state index in [1.165, 1.54) is 89.9 Å². The predicted molar refractivity (Wildman–Crippen MR) is 215 cm³/mol. The van der Waals surface area contributed by atoms with Crippen LogP contribution in [0.15, 0.2) is 36.5 Å². The minimum Gasteiger partial charge on any atom is -0.462 e.